The summed E-state index contributed by atoms with van der Waals surface area (Å²) in [5, 5.41) is 3.67. The van der Waals surface area contributed by atoms with Crippen molar-refractivity contribution in [3.63, 3.8) is 0 Å². The molecule has 1 aromatic carbocycles. The number of rotatable bonds is 8. The van der Waals surface area contributed by atoms with E-state index in [0.717, 1.165) is 51.4 Å². The van der Waals surface area contributed by atoms with Crippen LogP contribution in [0, 0.1) is 6.92 Å². The van der Waals surface area contributed by atoms with Gasteiger partial charge in [0.05, 0.1) is 12.7 Å². The number of ether oxygens (including phenoxy) is 3. The first kappa shape index (κ1) is 18.2. The van der Waals surface area contributed by atoms with Crippen LogP contribution in [0.25, 0.3) is 0 Å². The quantitative estimate of drug-likeness (QED) is 0.798. The predicted molar refractivity (Wildman–Crippen MR) is 93.3 cm³/mol. The fourth-order valence-corrected chi connectivity index (χ4v) is 3.21. The van der Waals surface area contributed by atoms with E-state index in [2.05, 4.69) is 38.2 Å². The van der Waals surface area contributed by atoms with Gasteiger partial charge in [0.1, 0.15) is 5.75 Å². The minimum absolute atomic E-state index is 0.0593. The molecule has 1 unspecified atom stereocenters. The fraction of sp³-hybridized carbons (Fsp3) is 0.684. The van der Waals surface area contributed by atoms with E-state index in [4.69, 9.17) is 14.2 Å². The molecule has 1 saturated heterocycles. The van der Waals surface area contributed by atoms with Crippen molar-refractivity contribution in [3.05, 3.63) is 29.3 Å². The van der Waals surface area contributed by atoms with E-state index in [1.165, 1.54) is 11.1 Å². The molecule has 1 aliphatic heterocycles. The maximum absolute atomic E-state index is 6.07. The van der Waals surface area contributed by atoms with Gasteiger partial charge in [-0.25, -0.2) is 0 Å². The van der Waals surface area contributed by atoms with Crippen molar-refractivity contribution in [3.8, 4) is 5.75 Å². The molecule has 4 heteroatoms. The molecule has 0 spiro atoms. The summed E-state index contributed by atoms with van der Waals surface area (Å²) in [6.45, 7) is 9.70. The van der Waals surface area contributed by atoms with Gasteiger partial charge in [-0.15, -0.1) is 0 Å². The normalized spacial score (nSPS) is 18.6. The van der Waals surface area contributed by atoms with Gasteiger partial charge >= 0.3 is 0 Å². The molecular formula is C19H31NO3. The molecule has 1 aromatic rings. The van der Waals surface area contributed by atoms with Gasteiger partial charge < -0.3 is 19.5 Å². The first-order valence-electron chi connectivity index (χ1n) is 8.67. The van der Waals surface area contributed by atoms with Crippen molar-refractivity contribution in [1.29, 1.82) is 0 Å². The van der Waals surface area contributed by atoms with Gasteiger partial charge in [-0.1, -0.05) is 6.07 Å². The van der Waals surface area contributed by atoms with E-state index < -0.39 is 0 Å². The molecular weight excluding hydrogens is 290 g/mol. The van der Waals surface area contributed by atoms with E-state index in [0.29, 0.717) is 6.04 Å². The first-order chi connectivity index (χ1) is 11.1. The van der Waals surface area contributed by atoms with Gasteiger partial charge in [-0.2, -0.15) is 0 Å². The van der Waals surface area contributed by atoms with Crippen molar-refractivity contribution in [2.75, 3.05) is 33.5 Å². The SMILES string of the molecule is CCOC1(CNC(C)Cc2ccc(OC)cc2C)CCOCC1. The van der Waals surface area contributed by atoms with Crippen LogP contribution in [0.15, 0.2) is 18.2 Å². The average Bonchev–Trinajstić information content (AvgIpc) is 2.56. The molecule has 130 valence electrons. The molecule has 1 atom stereocenters. The second-order valence-electron chi connectivity index (χ2n) is 6.51. The van der Waals surface area contributed by atoms with Crippen molar-refractivity contribution in [2.45, 2.75) is 51.7 Å². The van der Waals surface area contributed by atoms with Gasteiger partial charge in [0.15, 0.2) is 0 Å². The summed E-state index contributed by atoms with van der Waals surface area (Å²) in [6, 6.07) is 6.71. The van der Waals surface area contributed by atoms with Crippen molar-refractivity contribution in [2.24, 2.45) is 0 Å². The highest BCUT2D eigenvalue weighted by atomic mass is 16.5. The van der Waals surface area contributed by atoms with E-state index >= 15 is 0 Å². The Labute approximate surface area is 140 Å². The van der Waals surface area contributed by atoms with E-state index in [9.17, 15) is 0 Å². The zero-order chi connectivity index (χ0) is 16.7. The molecule has 4 nitrogen and oxygen atoms in total. The lowest BCUT2D eigenvalue weighted by molar-refractivity contribution is -0.106. The summed E-state index contributed by atoms with van der Waals surface area (Å²) in [7, 11) is 1.71. The molecule has 0 amide bonds. The van der Waals surface area contributed by atoms with Gasteiger partial charge in [-0.3, -0.25) is 0 Å². The highest BCUT2D eigenvalue weighted by Gasteiger charge is 2.33. The lowest BCUT2D eigenvalue weighted by Gasteiger charge is -2.38. The van der Waals surface area contributed by atoms with Crippen LogP contribution in [0.1, 0.15) is 37.8 Å². The molecule has 1 fully saturated rings. The Morgan fingerprint density at radius 2 is 2.04 bits per heavy atom. The monoisotopic (exact) mass is 321 g/mol. The number of benzene rings is 1. The van der Waals surface area contributed by atoms with E-state index in [1.54, 1.807) is 7.11 Å². The van der Waals surface area contributed by atoms with Crippen molar-refractivity contribution < 1.29 is 14.2 Å². The predicted octanol–water partition coefficient (Wildman–Crippen LogP) is 3.11. The van der Waals surface area contributed by atoms with Crippen molar-refractivity contribution in [1.82, 2.24) is 5.32 Å². The molecule has 0 bridgehead atoms. The maximum Gasteiger partial charge on any atom is 0.119 e. The standard InChI is InChI=1S/C19H31NO3/c1-5-23-19(8-10-22-11-9-19)14-20-16(3)13-17-6-7-18(21-4)12-15(17)2/h6-7,12,16,20H,5,8-11,13-14H2,1-4H3. The summed E-state index contributed by atoms with van der Waals surface area (Å²) in [5.74, 6) is 0.921. The fourth-order valence-electron chi connectivity index (χ4n) is 3.21. The third kappa shape index (κ3) is 5.20. The molecule has 1 heterocycles. The molecule has 1 N–H and O–H groups in total. The summed E-state index contributed by atoms with van der Waals surface area (Å²) in [4.78, 5) is 0. The molecule has 0 aromatic heterocycles. The largest absolute Gasteiger partial charge is 0.497 e. The highest BCUT2D eigenvalue weighted by molar-refractivity contribution is 5.35. The lowest BCUT2D eigenvalue weighted by Crippen LogP contribution is -2.49. The molecule has 0 saturated carbocycles. The first-order valence-corrected chi connectivity index (χ1v) is 8.67. The van der Waals surface area contributed by atoms with Crippen LogP contribution in [0.3, 0.4) is 0 Å². The average molecular weight is 321 g/mol. The number of methoxy groups -OCH3 is 1. The van der Waals surface area contributed by atoms with E-state index in [1.807, 2.05) is 6.07 Å². The second-order valence-corrected chi connectivity index (χ2v) is 6.51. The Balaban J connectivity index is 1.89. The Morgan fingerprint density at radius 1 is 1.30 bits per heavy atom. The minimum Gasteiger partial charge on any atom is -0.497 e. The third-order valence-electron chi connectivity index (χ3n) is 4.70. The van der Waals surface area contributed by atoms with Gasteiger partial charge in [0.25, 0.3) is 0 Å². The summed E-state index contributed by atoms with van der Waals surface area (Å²) in [5.41, 5.74) is 2.59. The smallest absolute Gasteiger partial charge is 0.119 e. The van der Waals surface area contributed by atoms with Crippen molar-refractivity contribution >= 4 is 0 Å². The third-order valence-corrected chi connectivity index (χ3v) is 4.70. The second kappa shape index (κ2) is 8.67. The summed E-state index contributed by atoms with van der Waals surface area (Å²) >= 11 is 0. The number of aryl methyl sites for hydroxylation is 1. The summed E-state index contributed by atoms with van der Waals surface area (Å²) in [6.07, 6.45) is 2.96. The molecule has 1 aliphatic rings. The number of hydrogen-bond acceptors (Lipinski definition) is 4. The molecule has 0 aliphatic carbocycles. The Kier molecular flexibility index (Phi) is 6.88. The van der Waals surface area contributed by atoms with Crippen LogP contribution in [0.5, 0.6) is 5.75 Å². The van der Waals surface area contributed by atoms with Gasteiger partial charge in [-0.05, 0) is 50.5 Å². The van der Waals surface area contributed by atoms with Gasteiger partial charge in [0.2, 0.25) is 0 Å². The lowest BCUT2D eigenvalue weighted by atomic mass is 9.93. The van der Waals surface area contributed by atoms with Crippen LogP contribution in [0.4, 0.5) is 0 Å². The Bertz CT molecular complexity index is 478. The minimum atomic E-state index is -0.0593. The van der Waals surface area contributed by atoms with Crippen LogP contribution in [-0.2, 0) is 15.9 Å². The number of nitrogens with one attached hydrogen (secondary N) is 1. The number of hydrogen-bond donors (Lipinski definition) is 1. The zero-order valence-electron chi connectivity index (χ0n) is 15.0. The van der Waals surface area contributed by atoms with E-state index in [-0.39, 0.29) is 5.60 Å². The Hall–Kier alpha value is -1.10. The molecule has 0 radical (unpaired) electrons. The topological polar surface area (TPSA) is 39.7 Å². The molecule has 2 rings (SSSR count). The summed E-state index contributed by atoms with van der Waals surface area (Å²) < 4.78 is 16.8. The molecule has 23 heavy (non-hydrogen) atoms. The maximum atomic E-state index is 6.07. The van der Waals surface area contributed by atoms with Gasteiger partial charge in [0, 0.05) is 45.2 Å². The van der Waals surface area contributed by atoms with Crippen LogP contribution < -0.4 is 10.1 Å². The van der Waals surface area contributed by atoms with Crippen LogP contribution in [0.2, 0.25) is 0 Å². The van der Waals surface area contributed by atoms with Crippen LogP contribution >= 0.6 is 0 Å². The van der Waals surface area contributed by atoms with Crippen LogP contribution in [-0.4, -0.2) is 45.1 Å². The zero-order valence-corrected chi connectivity index (χ0v) is 15.0. The highest BCUT2D eigenvalue weighted by Crippen LogP contribution is 2.25. The Morgan fingerprint density at radius 3 is 2.65 bits per heavy atom.